The predicted octanol–water partition coefficient (Wildman–Crippen LogP) is 4.66. The molecule has 2 rings (SSSR count). The minimum absolute atomic E-state index is 0.116. The van der Waals surface area contributed by atoms with Gasteiger partial charge in [-0.1, -0.05) is 23.8 Å². The lowest BCUT2D eigenvalue weighted by Gasteiger charge is -2.32. The van der Waals surface area contributed by atoms with Crippen LogP contribution >= 0.6 is 0 Å². The summed E-state index contributed by atoms with van der Waals surface area (Å²) in [6.07, 6.45) is 2.38. The smallest absolute Gasteiger partial charge is 0.334 e. The number of carbonyl (C=O) groups is 1. The van der Waals surface area contributed by atoms with Crippen molar-refractivity contribution in [1.82, 2.24) is 0 Å². The highest BCUT2D eigenvalue weighted by atomic mass is 19.1. The van der Waals surface area contributed by atoms with E-state index in [1.807, 2.05) is 26.8 Å². The van der Waals surface area contributed by atoms with Crippen molar-refractivity contribution in [2.45, 2.75) is 53.6 Å². The Morgan fingerprint density at radius 1 is 1.33 bits per heavy atom. The Bertz CT molecular complexity index is 585. The Morgan fingerprint density at radius 3 is 2.25 bits per heavy atom. The normalized spacial score (nSPS) is 19.4. The van der Waals surface area contributed by atoms with Crippen molar-refractivity contribution in [2.75, 3.05) is 6.61 Å². The van der Waals surface area contributed by atoms with E-state index in [-0.39, 0.29) is 18.4 Å². The SMILES string of the molecule is C=CC.CC1=C(C)C(=O)OC(C)(CO)C1.Cc1cccc(F)c1C. The van der Waals surface area contributed by atoms with Crippen LogP contribution in [0.4, 0.5) is 4.39 Å². The molecule has 24 heavy (non-hydrogen) atoms. The van der Waals surface area contributed by atoms with Crippen molar-refractivity contribution in [3.05, 3.63) is 58.9 Å². The first-order chi connectivity index (χ1) is 11.1. The summed E-state index contributed by atoms with van der Waals surface area (Å²) in [5, 5.41) is 8.97. The van der Waals surface area contributed by atoms with Crippen LogP contribution in [-0.4, -0.2) is 23.3 Å². The van der Waals surface area contributed by atoms with Crippen LogP contribution in [0, 0.1) is 19.7 Å². The van der Waals surface area contributed by atoms with Crippen molar-refractivity contribution < 1.29 is 19.0 Å². The van der Waals surface area contributed by atoms with Gasteiger partial charge in [0.15, 0.2) is 0 Å². The first-order valence-electron chi connectivity index (χ1n) is 7.91. The number of halogens is 1. The van der Waals surface area contributed by atoms with Gasteiger partial charge < -0.3 is 9.84 Å². The van der Waals surface area contributed by atoms with E-state index < -0.39 is 5.60 Å². The van der Waals surface area contributed by atoms with Gasteiger partial charge >= 0.3 is 5.97 Å². The van der Waals surface area contributed by atoms with Crippen molar-refractivity contribution >= 4 is 5.97 Å². The number of aliphatic hydroxyl groups is 1. The van der Waals surface area contributed by atoms with Gasteiger partial charge in [-0.25, -0.2) is 9.18 Å². The second-order valence-corrected chi connectivity index (χ2v) is 6.17. The zero-order chi connectivity index (χ0) is 18.9. The Morgan fingerprint density at radius 2 is 1.88 bits per heavy atom. The summed E-state index contributed by atoms with van der Waals surface area (Å²) in [6, 6.07) is 5.10. The predicted molar refractivity (Wildman–Crippen MR) is 96.3 cm³/mol. The second kappa shape index (κ2) is 10.0. The molecule has 1 N–H and O–H groups in total. The monoisotopic (exact) mass is 336 g/mol. The number of hydrogen-bond acceptors (Lipinski definition) is 3. The van der Waals surface area contributed by atoms with E-state index in [0.717, 1.165) is 16.7 Å². The molecule has 0 saturated heterocycles. The van der Waals surface area contributed by atoms with Crippen molar-refractivity contribution in [3.63, 3.8) is 0 Å². The molecule has 0 aliphatic carbocycles. The Hall–Kier alpha value is -1.94. The zero-order valence-corrected chi connectivity index (χ0v) is 15.6. The van der Waals surface area contributed by atoms with Gasteiger partial charge in [0, 0.05) is 12.0 Å². The molecule has 134 valence electrons. The average Bonchev–Trinajstić information content (AvgIpc) is 2.52. The summed E-state index contributed by atoms with van der Waals surface area (Å²) in [4.78, 5) is 11.2. The molecule has 0 spiro atoms. The quantitative estimate of drug-likeness (QED) is 0.599. The van der Waals surface area contributed by atoms with Crippen LogP contribution in [0.15, 0.2) is 42.0 Å². The lowest BCUT2D eigenvalue weighted by molar-refractivity contribution is -0.159. The van der Waals surface area contributed by atoms with E-state index in [1.54, 1.807) is 32.9 Å². The maximum atomic E-state index is 12.6. The number of aryl methyl sites for hydroxylation is 1. The second-order valence-electron chi connectivity index (χ2n) is 6.17. The van der Waals surface area contributed by atoms with Crippen molar-refractivity contribution in [2.24, 2.45) is 0 Å². The summed E-state index contributed by atoms with van der Waals surface area (Å²) >= 11 is 0. The molecule has 0 aromatic heterocycles. The van der Waals surface area contributed by atoms with Gasteiger partial charge in [-0.3, -0.25) is 0 Å². The Kier molecular flexibility index (Phi) is 9.22. The van der Waals surface area contributed by atoms with E-state index in [0.29, 0.717) is 12.0 Å². The fourth-order valence-corrected chi connectivity index (χ4v) is 2.01. The summed E-state index contributed by atoms with van der Waals surface area (Å²) in [5.74, 6) is -0.426. The number of allylic oxidation sites excluding steroid dienone is 1. The molecule has 0 saturated carbocycles. The van der Waals surface area contributed by atoms with Crippen LogP contribution in [0.1, 0.15) is 45.2 Å². The highest BCUT2D eigenvalue weighted by Crippen LogP contribution is 2.28. The third-order valence-electron chi connectivity index (χ3n) is 3.80. The minimum atomic E-state index is -0.708. The Balaban J connectivity index is 0.000000390. The number of aliphatic hydroxyl groups excluding tert-OH is 1. The van der Waals surface area contributed by atoms with Gasteiger partial charge in [0.05, 0.1) is 6.61 Å². The molecule has 1 aliphatic heterocycles. The molecule has 0 bridgehead atoms. The number of cyclic esters (lactones) is 1. The first kappa shape index (κ1) is 22.1. The third kappa shape index (κ3) is 6.67. The van der Waals surface area contributed by atoms with Crippen molar-refractivity contribution in [1.29, 1.82) is 0 Å². The zero-order valence-electron chi connectivity index (χ0n) is 15.6. The first-order valence-corrected chi connectivity index (χ1v) is 7.91. The molecule has 0 amide bonds. The molecule has 4 heteroatoms. The maximum absolute atomic E-state index is 12.6. The highest BCUT2D eigenvalue weighted by Gasteiger charge is 2.34. The third-order valence-corrected chi connectivity index (χ3v) is 3.80. The topological polar surface area (TPSA) is 46.5 Å². The van der Waals surface area contributed by atoms with Crippen LogP contribution < -0.4 is 0 Å². The lowest BCUT2D eigenvalue weighted by Crippen LogP contribution is -2.39. The maximum Gasteiger partial charge on any atom is 0.334 e. The van der Waals surface area contributed by atoms with Crippen LogP contribution in [0.25, 0.3) is 0 Å². The van der Waals surface area contributed by atoms with E-state index in [2.05, 4.69) is 6.58 Å². The molecular weight excluding hydrogens is 307 g/mol. The number of ether oxygens (including phenoxy) is 1. The highest BCUT2D eigenvalue weighted by molar-refractivity contribution is 5.89. The van der Waals surface area contributed by atoms with Gasteiger partial charge in [0.2, 0.25) is 0 Å². The van der Waals surface area contributed by atoms with Crippen molar-refractivity contribution in [3.8, 4) is 0 Å². The standard InChI is InChI=1S/C9H14O3.C8H9F.C3H6/c1-6-4-9(3,5-10)12-8(11)7(6)2;1-6-4-3-5-8(9)7(6)2;1-3-2/h10H,4-5H2,1-3H3;3-5H,1-2H3;3H,1H2,2H3. The van der Waals surface area contributed by atoms with E-state index >= 15 is 0 Å². The Labute approximate surface area is 144 Å². The van der Waals surface area contributed by atoms with Crippen LogP contribution in [-0.2, 0) is 9.53 Å². The van der Waals surface area contributed by atoms with E-state index in [9.17, 15) is 9.18 Å². The molecule has 1 aliphatic rings. The van der Waals surface area contributed by atoms with Crippen LogP contribution in [0.5, 0.6) is 0 Å². The fourth-order valence-electron chi connectivity index (χ4n) is 2.01. The molecule has 1 unspecified atom stereocenters. The van der Waals surface area contributed by atoms with Gasteiger partial charge in [0.1, 0.15) is 11.4 Å². The molecular formula is C20H29FO3. The fraction of sp³-hybridized carbons (Fsp3) is 0.450. The molecule has 1 aromatic carbocycles. The molecule has 1 heterocycles. The summed E-state index contributed by atoms with van der Waals surface area (Å²) in [5.41, 5.74) is 2.72. The van der Waals surface area contributed by atoms with Gasteiger partial charge in [-0.05, 0) is 58.7 Å². The number of rotatable bonds is 1. The summed E-state index contributed by atoms with van der Waals surface area (Å²) in [7, 11) is 0. The minimum Gasteiger partial charge on any atom is -0.453 e. The van der Waals surface area contributed by atoms with Gasteiger partial charge in [0.25, 0.3) is 0 Å². The summed E-state index contributed by atoms with van der Waals surface area (Å²) in [6.45, 7) is 14.2. The number of hydrogen-bond donors (Lipinski definition) is 1. The van der Waals surface area contributed by atoms with Crippen LogP contribution in [0.2, 0.25) is 0 Å². The van der Waals surface area contributed by atoms with E-state index in [1.165, 1.54) is 6.07 Å². The molecule has 1 atom stereocenters. The molecule has 0 radical (unpaired) electrons. The van der Waals surface area contributed by atoms with Gasteiger partial charge in [-0.15, -0.1) is 6.58 Å². The lowest BCUT2D eigenvalue weighted by atomic mass is 9.92. The largest absolute Gasteiger partial charge is 0.453 e. The van der Waals surface area contributed by atoms with E-state index in [4.69, 9.17) is 9.84 Å². The average molecular weight is 336 g/mol. The molecule has 1 aromatic rings. The van der Waals surface area contributed by atoms with Crippen LogP contribution in [0.3, 0.4) is 0 Å². The number of esters is 1. The number of carbonyl (C=O) groups excluding carboxylic acids is 1. The molecule has 0 fully saturated rings. The summed E-state index contributed by atoms with van der Waals surface area (Å²) < 4.78 is 17.6. The van der Waals surface area contributed by atoms with Gasteiger partial charge in [-0.2, -0.15) is 0 Å². The number of benzene rings is 1. The molecule has 3 nitrogen and oxygen atoms in total.